The van der Waals surface area contributed by atoms with E-state index in [0.717, 1.165) is 6.07 Å². The van der Waals surface area contributed by atoms with Crippen molar-refractivity contribution >= 4 is 0 Å². The maximum Gasteiger partial charge on any atom is 0.129 e. The molecule has 1 fully saturated rings. The first kappa shape index (κ1) is 10.6. The Balaban J connectivity index is 2.33. The summed E-state index contributed by atoms with van der Waals surface area (Å²) in [4.78, 5) is 0. The van der Waals surface area contributed by atoms with Gasteiger partial charge in [-0.1, -0.05) is 19.9 Å². The van der Waals surface area contributed by atoms with Crippen LogP contribution in [0.15, 0.2) is 18.2 Å². The van der Waals surface area contributed by atoms with Crippen LogP contribution in [0.2, 0.25) is 0 Å². The maximum atomic E-state index is 13.5. The van der Waals surface area contributed by atoms with Gasteiger partial charge in [-0.15, -0.1) is 0 Å². The molecule has 1 aromatic rings. The largest absolute Gasteiger partial charge is 0.330 e. The molecular weight excluding hydrogens is 196 g/mol. The molecule has 2 atom stereocenters. The van der Waals surface area contributed by atoms with Crippen molar-refractivity contribution in [3.8, 4) is 0 Å². The van der Waals surface area contributed by atoms with Gasteiger partial charge < -0.3 is 5.73 Å². The maximum absolute atomic E-state index is 13.5. The third-order valence-corrected chi connectivity index (χ3v) is 3.60. The number of benzene rings is 1. The highest BCUT2D eigenvalue weighted by atomic mass is 19.1. The van der Waals surface area contributed by atoms with Gasteiger partial charge in [-0.25, -0.2) is 8.78 Å². The Kier molecular flexibility index (Phi) is 2.30. The average molecular weight is 211 g/mol. The lowest BCUT2D eigenvalue weighted by Crippen LogP contribution is -2.05. The highest BCUT2D eigenvalue weighted by Crippen LogP contribution is 2.64. The fourth-order valence-corrected chi connectivity index (χ4v) is 2.56. The Hall–Kier alpha value is -0.960. The van der Waals surface area contributed by atoms with Gasteiger partial charge in [0.25, 0.3) is 0 Å². The van der Waals surface area contributed by atoms with Crippen LogP contribution in [0.3, 0.4) is 0 Å². The van der Waals surface area contributed by atoms with E-state index in [4.69, 9.17) is 5.73 Å². The highest BCUT2D eigenvalue weighted by Gasteiger charge is 2.57. The summed E-state index contributed by atoms with van der Waals surface area (Å²) in [5, 5.41) is 0. The minimum atomic E-state index is -0.529. The summed E-state index contributed by atoms with van der Waals surface area (Å²) >= 11 is 0. The van der Waals surface area contributed by atoms with Gasteiger partial charge in [0.2, 0.25) is 0 Å². The Morgan fingerprint density at radius 1 is 1.33 bits per heavy atom. The first-order valence-corrected chi connectivity index (χ1v) is 5.13. The molecule has 0 spiro atoms. The van der Waals surface area contributed by atoms with Crippen molar-refractivity contribution in [1.29, 1.82) is 0 Å². The third-order valence-electron chi connectivity index (χ3n) is 3.60. The predicted octanol–water partition coefficient (Wildman–Crippen LogP) is 2.66. The van der Waals surface area contributed by atoms with Crippen LogP contribution in [0.1, 0.15) is 25.3 Å². The van der Waals surface area contributed by atoms with Gasteiger partial charge in [-0.2, -0.15) is 0 Å². The normalized spacial score (nSPS) is 27.8. The molecule has 2 rings (SSSR count). The van der Waals surface area contributed by atoms with Crippen molar-refractivity contribution in [2.75, 3.05) is 6.54 Å². The molecule has 1 nitrogen and oxygen atoms in total. The monoisotopic (exact) mass is 211 g/mol. The van der Waals surface area contributed by atoms with E-state index >= 15 is 0 Å². The number of hydrogen-bond acceptors (Lipinski definition) is 1. The van der Waals surface area contributed by atoms with Gasteiger partial charge in [-0.05, 0) is 35.4 Å². The van der Waals surface area contributed by atoms with Crippen LogP contribution in [-0.2, 0) is 0 Å². The molecule has 0 aliphatic heterocycles. The summed E-state index contributed by atoms with van der Waals surface area (Å²) in [7, 11) is 0. The Bertz CT molecular complexity index is 387. The second kappa shape index (κ2) is 3.27. The zero-order valence-electron chi connectivity index (χ0n) is 8.93. The van der Waals surface area contributed by atoms with Crippen molar-refractivity contribution in [3.05, 3.63) is 35.4 Å². The van der Waals surface area contributed by atoms with Gasteiger partial charge in [0.05, 0.1) is 0 Å². The quantitative estimate of drug-likeness (QED) is 0.799. The summed E-state index contributed by atoms with van der Waals surface area (Å²) < 4.78 is 26.3. The number of halogens is 2. The molecule has 0 amide bonds. The van der Waals surface area contributed by atoms with Crippen LogP contribution >= 0.6 is 0 Å². The van der Waals surface area contributed by atoms with Crippen LogP contribution in [0, 0.1) is 23.0 Å². The van der Waals surface area contributed by atoms with Crippen molar-refractivity contribution in [2.24, 2.45) is 17.1 Å². The lowest BCUT2D eigenvalue weighted by molar-refractivity contribution is 0.544. The van der Waals surface area contributed by atoms with E-state index in [1.54, 1.807) is 0 Å². The molecule has 0 radical (unpaired) electrons. The van der Waals surface area contributed by atoms with Crippen LogP contribution < -0.4 is 5.73 Å². The Labute approximate surface area is 88.3 Å². The highest BCUT2D eigenvalue weighted by molar-refractivity contribution is 5.33. The van der Waals surface area contributed by atoms with E-state index in [1.165, 1.54) is 12.1 Å². The van der Waals surface area contributed by atoms with Crippen molar-refractivity contribution < 1.29 is 8.78 Å². The van der Waals surface area contributed by atoms with E-state index in [1.807, 2.05) is 0 Å². The first-order chi connectivity index (χ1) is 6.98. The number of rotatable bonds is 2. The lowest BCUT2D eigenvalue weighted by Gasteiger charge is -2.04. The van der Waals surface area contributed by atoms with Gasteiger partial charge in [0, 0.05) is 6.07 Å². The van der Waals surface area contributed by atoms with Crippen molar-refractivity contribution in [2.45, 2.75) is 19.8 Å². The zero-order valence-corrected chi connectivity index (χ0v) is 8.93. The molecule has 0 heterocycles. The second-order valence-electron chi connectivity index (χ2n) is 4.81. The summed E-state index contributed by atoms with van der Waals surface area (Å²) in [6.07, 6.45) is 0. The molecule has 1 aliphatic rings. The molecule has 2 N–H and O–H groups in total. The van der Waals surface area contributed by atoms with E-state index < -0.39 is 11.6 Å². The van der Waals surface area contributed by atoms with Crippen LogP contribution in [0.25, 0.3) is 0 Å². The molecule has 3 heteroatoms. The minimum absolute atomic E-state index is 0.0351. The van der Waals surface area contributed by atoms with Gasteiger partial charge in [0.15, 0.2) is 0 Å². The predicted molar refractivity (Wildman–Crippen MR) is 55.4 cm³/mol. The summed E-state index contributed by atoms with van der Waals surface area (Å²) in [5.41, 5.74) is 6.25. The Morgan fingerprint density at radius 2 is 2.00 bits per heavy atom. The smallest absolute Gasteiger partial charge is 0.129 e. The number of nitrogens with two attached hydrogens (primary N) is 1. The molecule has 82 valence electrons. The van der Waals surface area contributed by atoms with Gasteiger partial charge in [-0.3, -0.25) is 0 Å². The molecule has 1 aliphatic carbocycles. The second-order valence-corrected chi connectivity index (χ2v) is 4.81. The SMILES string of the molecule is CC1(C)[C@H](CN)[C@H]1c1ccc(F)cc1F. The topological polar surface area (TPSA) is 26.0 Å². The van der Waals surface area contributed by atoms with E-state index in [0.29, 0.717) is 18.0 Å². The standard InChI is InChI=1S/C12H15F2N/c1-12(2)9(6-15)11(12)8-4-3-7(13)5-10(8)14/h3-5,9,11H,6,15H2,1-2H3/t9-,11-/m1/s1. The fraction of sp³-hybridized carbons (Fsp3) is 0.500. The molecule has 1 saturated carbocycles. The summed E-state index contributed by atoms with van der Waals surface area (Å²) in [5.74, 6) is -0.552. The van der Waals surface area contributed by atoms with E-state index in [9.17, 15) is 8.78 Å². The lowest BCUT2D eigenvalue weighted by atomic mass is 10.0. The fourth-order valence-electron chi connectivity index (χ4n) is 2.56. The Morgan fingerprint density at radius 3 is 2.47 bits per heavy atom. The van der Waals surface area contributed by atoms with Crippen LogP contribution in [0.5, 0.6) is 0 Å². The van der Waals surface area contributed by atoms with Crippen molar-refractivity contribution in [3.63, 3.8) is 0 Å². The molecule has 15 heavy (non-hydrogen) atoms. The zero-order chi connectivity index (χ0) is 11.2. The molecule has 0 unspecified atom stereocenters. The summed E-state index contributed by atoms with van der Waals surface area (Å²) in [6.45, 7) is 4.68. The molecule has 0 saturated heterocycles. The summed E-state index contributed by atoms with van der Waals surface area (Å²) in [6, 6.07) is 3.78. The van der Waals surface area contributed by atoms with E-state index in [2.05, 4.69) is 13.8 Å². The van der Waals surface area contributed by atoms with Crippen LogP contribution in [0.4, 0.5) is 8.78 Å². The first-order valence-electron chi connectivity index (χ1n) is 5.13. The molecule has 0 aromatic heterocycles. The molecular formula is C12H15F2N. The molecule has 0 bridgehead atoms. The minimum Gasteiger partial charge on any atom is -0.330 e. The molecule has 1 aromatic carbocycles. The average Bonchev–Trinajstić information content (AvgIpc) is 2.68. The third kappa shape index (κ3) is 1.55. The van der Waals surface area contributed by atoms with Crippen molar-refractivity contribution in [1.82, 2.24) is 0 Å². The van der Waals surface area contributed by atoms with E-state index in [-0.39, 0.29) is 11.3 Å². The van der Waals surface area contributed by atoms with Crippen LogP contribution in [-0.4, -0.2) is 6.54 Å². The van der Waals surface area contributed by atoms with Gasteiger partial charge >= 0.3 is 0 Å². The number of hydrogen-bond donors (Lipinski definition) is 1. The van der Waals surface area contributed by atoms with Gasteiger partial charge in [0.1, 0.15) is 11.6 Å².